The summed E-state index contributed by atoms with van der Waals surface area (Å²) in [5.74, 6) is 11.6. The van der Waals surface area contributed by atoms with Gasteiger partial charge in [0.1, 0.15) is 62.5 Å². The summed E-state index contributed by atoms with van der Waals surface area (Å²) in [5.41, 5.74) is 24.6. The third-order valence-corrected chi connectivity index (χ3v) is 26.9. The van der Waals surface area contributed by atoms with Gasteiger partial charge in [-0.3, -0.25) is 4.98 Å². The zero-order valence-electron chi connectivity index (χ0n) is 68.5. The number of H-pyrrole nitrogens is 2. The van der Waals surface area contributed by atoms with Crippen molar-refractivity contribution in [2.24, 2.45) is 23.7 Å². The summed E-state index contributed by atoms with van der Waals surface area (Å²) in [6.45, 7) is 22.6. The van der Waals surface area contributed by atoms with Crippen molar-refractivity contribution in [3.8, 4) is 51.2 Å². The molecular weight excluding hydrogens is 1550 g/mol. The number of hydrogen-bond acceptors (Lipinski definition) is 27. The van der Waals surface area contributed by atoms with Crippen molar-refractivity contribution >= 4 is 95.8 Å². The predicted octanol–water partition coefficient (Wildman–Crippen LogP) is 12.0. The molecule has 24 heterocycles. The van der Waals surface area contributed by atoms with E-state index < -0.39 is 23.4 Å². The zero-order valence-corrected chi connectivity index (χ0v) is 68.5. The molecule has 14 aliphatic rings. The number of nitrogens with one attached hydrogen (secondary N) is 2. The van der Waals surface area contributed by atoms with Gasteiger partial charge in [-0.25, -0.2) is 74.8 Å². The number of aryl methyl sites for hydroxylation is 1. The molecule has 10 fully saturated rings. The number of imidazole rings is 4. The molecule has 4 aliphatic carbocycles. The number of rotatable bonds is 10. The summed E-state index contributed by atoms with van der Waals surface area (Å²) in [6.07, 6.45) is 22.9. The Morgan fingerprint density at radius 3 is 1.62 bits per heavy atom. The van der Waals surface area contributed by atoms with E-state index in [-0.39, 0.29) is 23.1 Å². The van der Waals surface area contributed by atoms with Crippen molar-refractivity contribution in [2.75, 3.05) is 92.0 Å². The van der Waals surface area contributed by atoms with E-state index in [0.29, 0.717) is 91.5 Å². The molecule has 4 bridgehead atoms. The molecule has 35 heteroatoms. The fourth-order valence-corrected chi connectivity index (χ4v) is 20.1. The molecule has 28 rings (SSSR count). The topological polar surface area (TPSA) is 375 Å². The maximum atomic E-state index is 12.7. The minimum absolute atomic E-state index is 0.0850. The minimum Gasteiger partial charge on any atom is -0.431 e. The summed E-state index contributed by atoms with van der Waals surface area (Å²) in [6, 6.07) is 10.8. The van der Waals surface area contributed by atoms with Crippen LogP contribution >= 0.6 is 0 Å². The van der Waals surface area contributed by atoms with E-state index in [1.807, 2.05) is 50.8 Å². The lowest BCUT2D eigenvalue weighted by Crippen LogP contribution is -2.44. The van der Waals surface area contributed by atoms with Crippen LogP contribution in [0.3, 0.4) is 0 Å². The van der Waals surface area contributed by atoms with Gasteiger partial charge in [0, 0.05) is 153 Å². The number of halogens is 2. The fraction of sp³-hybridized carbons (Fsp3) is 0.488. The molecule has 2 unspecified atom stereocenters. The molecule has 4 saturated carbocycles. The van der Waals surface area contributed by atoms with Crippen molar-refractivity contribution in [2.45, 2.75) is 179 Å². The first-order chi connectivity index (χ1) is 58.6. The lowest BCUT2D eigenvalue weighted by atomic mass is 9.78. The van der Waals surface area contributed by atoms with E-state index in [2.05, 4.69) is 119 Å². The van der Waals surface area contributed by atoms with E-state index in [0.717, 1.165) is 232 Å². The van der Waals surface area contributed by atoms with Crippen LogP contribution in [0, 0.1) is 30.6 Å². The highest BCUT2D eigenvalue weighted by molar-refractivity contribution is 5.92. The van der Waals surface area contributed by atoms with Gasteiger partial charge in [-0.1, -0.05) is 0 Å². The van der Waals surface area contributed by atoms with Gasteiger partial charge in [-0.15, -0.1) is 0 Å². The SMILES string of the molecule is CC1(C)OCCn2c1nc1c(C3CC3)nc(-c3cnc(N)c(OC(F)F)c3)cc12.CC1(C)OCCn2c1nc1c(N3CC4CC3C4)nc(-c3cnc4[nH]ccc4c3)nc12.Cc1c[nH]c2ncc(-c3nc(N4CC5COCC5C4)c4nc5n(c4n3)CCOC5(C)C)cc12.Nc1ncc(-c2nc(N3CC4CC3C4)c3nc4n(c3n2)CCOC42CCC2)cn1. The molecule has 0 radical (unpaired) electrons. The highest BCUT2D eigenvalue weighted by Crippen LogP contribution is 2.52. The van der Waals surface area contributed by atoms with Crippen LogP contribution in [0.25, 0.3) is 112 Å². The number of alkyl halides is 2. The molecule has 6 saturated heterocycles. The van der Waals surface area contributed by atoms with Crippen LogP contribution in [0.2, 0.25) is 0 Å². The number of aromatic amines is 2. The largest absolute Gasteiger partial charge is 0.431 e. The van der Waals surface area contributed by atoms with Crippen LogP contribution in [0.4, 0.5) is 38.0 Å². The summed E-state index contributed by atoms with van der Waals surface area (Å²) in [4.78, 5) is 90.1. The molecule has 622 valence electrons. The Bertz CT molecular complexity index is 6500. The predicted molar refractivity (Wildman–Crippen MR) is 446 cm³/mol. The average Bonchev–Trinajstić information content (AvgIpc) is 1.57. The summed E-state index contributed by atoms with van der Waals surface area (Å²) in [5, 5.41) is 2.15. The maximum absolute atomic E-state index is 12.7. The number of aromatic nitrogens is 22. The molecule has 0 aromatic carbocycles. The highest BCUT2D eigenvalue weighted by Gasteiger charge is 2.50. The van der Waals surface area contributed by atoms with Crippen LogP contribution in [0.1, 0.15) is 140 Å². The van der Waals surface area contributed by atoms with Crippen LogP contribution in [0.15, 0.2) is 73.7 Å². The van der Waals surface area contributed by atoms with E-state index in [9.17, 15) is 8.78 Å². The van der Waals surface area contributed by atoms with E-state index in [4.69, 9.17) is 90.0 Å². The summed E-state index contributed by atoms with van der Waals surface area (Å²) in [7, 11) is 0. The molecule has 33 nitrogen and oxygen atoms in total. The molecule has 10 aliphatic heterocycles. The van der Waals surface area contributed by atoms with Crippen LogP contribution < -0.4 is 30.9 Å². The van der Waals surface area contributed by atoms with Crippen molar-refractivity contribution in [1.29, 1.82) is 0 Å². The van der Waals surface area contributed by atoms with Gasteiger partial charge >= 0.3 is 6.61 Å². The Morgan fingerprint density at radius 2 is 1.04 bits per heavy atom. The summed E-state index contributed by atoms with van der Waals surface area (Å²) >= 11 is 0. The highest BCUT2D eigenvalue weighted by atomic mass is 19.3. The van der Waals surface area contributed by atoms with Gasteiger partial charge < -0.3 is 82.8 Å². The zero-order chi connectivity index (χ0) is 81.9. The second-order valence-corrected chi connectivity index (χ2v) is 36.1. The lowest BCUT2D eigenvalue weighted by Gasteiger charge is -2.43. The summed E-state index contributed by atoms with van der Waals surface area (Å²) < 4.78 is 68.6. The number of nitrogens with two attached hydrogens (primary N) is 2. The Morgan fingerprint density at radius 1 is 0.521 bits per heavy atom. The van der Waals surface area contributed by atoms with Gasteiger partial charge in [0.15, 0.2) is 80.0 Å². The smallest absolute Gasteiger partial charge is 0.387 e. The molecule has 2 atom stereocenters. The van der Waals surface area contributed by atoms with Gasteiger partial charge in [0.25, 0.3) is 0 Å². The third-order valence-electron chi connectivity index (χ3n) is 26.9. The Balaban J connectivity index is 0.0000000940. The molecule has 6 N–H and O–H groups in total. The third kappa shape index (κ3) is 12.5. The molecule has 0 amide bonds. The number of ether oxygens (including phenoxy) is 6. The molecule has 14 aromatic heterocycles. The number of anilines is 5. The molecule has 1 spiro atoms. The molecule has 14 aromatic rings. The minimum atomic E-state index is -2.98. The Kier molecular flexibility index (Phi) is 17.0. The van der Waals surface area contributed by atoms with E-state index in [1.54, 1.807) is 12.4 Å². The van der Waals surface area contributed by atoms with Gasteiger partial charge in [-0.2, -0.15) is 8.78 Å². The monoisotopic (exact) mass is 1640 g/mol. The number of nitrogen functional groups attached to an aromatic ring is 2. The Labute approximate surface area is 692 Å². The number of pyridine rings is 4. The second kappa shape index (κ2) is 27.7. The van der Waals surface area contributed by atoms with E-state index in [1.165, 1.54) is 44.4 Å². The van der Waals surface area contributed by atoms with Crippen molar-refractivity contribution in [3.63, 3.8) is 0 Å². The van der Waals surface area contributed by atoms with Gasteiger partial charge in [0.2, 0.25) is 5.95 Å². The maximum Gasteiger partial charge on any atom is 0.387 e. The van der Waals surface area contributed by atoms with Crippen molar-refractivity contribution < 1.29 is 37.2 Å². The van der Waals surface area contributed by atoms with Crippen LogP contribution in [-0.4, -0.2) is 192 Å². The first-order valence-electron chi connectivity index (χ1n) is 42.4. The standard InChI is InChI=1S/C24H27N7O2.C22H23N7O.C20H21F2N5O2.C20H22N8O/c1-13-7-25-20-17(13)6-14(8-26-20)19-28-21(30-9-15-11-32-12-16(15)10-30)18-22(29-19)31-4-5-33-24(2,3)23(31)27-18;1-22(2)21-25-16-19(28(21)5-6-30-22)26-18(14-9-13-3-4-23-17(13)24-10-14)27-20(16)29-11-12-7-15(29)8-12;1-20(2)18-26-16-13(27(18)5-6-28-20)8-12(25-15(16)10-3-4-10)11-7-14(29-19(21)22)17(23)24-9-11;21-19-22-8-12(9-23-19)15-25-16-14(17(26-15)28-10-11-6-13(28)7-11)24-18-20(2-1-3-20)29-5-4-27(16)18/h6-8,15-16H,4-5,9-12H2,1-3H3,(H,25,26);3-4,9-10,12,15H,5-8,11H2,1-2H3,(H,23,24);7-10,19H,3-6H2,1-2H3,(H2,23,24);8-9,11,13H,1-7,10H2,(H2,21,22,23). The fourth-order valence-electron chi connectivity index (χ4n) is 20.1. The molecular formula is C86H93F2N27O6. The van der Waals surface area contributed by atoms with Crippen LogP contribution in [0.5, 0.6) is 5.75 Å². The normalized spacial score (nSPS) is 23.3. The van der Waals surface area contributed by atoms with Crippen molar-refractivity contribution in [1.82, 2.24) is 108 Å². The van der Waals surface area contributed by atoms with Crippen LogP contribution in [-0.2, 0) is 72.3 Å². The average molecular weight is 1640 g/mol. The quantitative estimate of drug-likeness (QED) is 0.0988. The second-order valence-electron chi connectivity index (χ2n) is 36.1. The Hall–Kier alpha value is -11.7. The number of hydrogen-bond donors (Lipinski definition) is 4. The first kappa shape index (κ1) is 74.4. The van der Waals surface area contributed by atoms with Crippen molar-refractivity contribution in [3.05, 3.63) is 108 Å². The number of fused-ring (bicyclic) bond motifs is 18. The first-order valence-corrected chi connectivity index (χ1v) is 42.4. The van der Waals surface area contributed by atoms with Gasteiger partial charge in [0.05, 0.1) is 62.1 Å². The lowest BCUT2D eigenvalue weighted by molar-refractivity contribution is -0.131. The van der Waals surface area contributed by atoms with E-state index >= 15 is 0 Å². The molecule has 121 heavy (non-hydrogen) atoms. The number of nitrogens with zero attached hydrogens (tertiary/aromatic N) is 23. The van der Waals surface area contributed by atoms with Gasteiger partial charge in [-0.05, 0) is 154 Å².